The van der Waals surface area contributed by atoms with Crippen molar-refractivity contribution in [1.82, 2.24) is 0 Å². The molecule has 0 saturated heterocycles. The SMILES string of the molecule is C=CCC1=NC2(O)C=NC=NC2=N1. The zero-order valence-electron chi connectivity index (χ0n) is 6.88. The lowest BCUT2D eigenvalue weighted by molar-refractivity contribution is 0.200. The number of hydrogen-bond acceptors (Lipinski definition) is 5. The van der Waals surface area contributed by atoms with Crippen LogP contribution in [-0.2, 0) is 0 Å². The summed E-state index contributed by atoms with van der Waals surface area (Å²) in [6.07, 6.45) is 4.84. The first-order chi connectivity index (χ1) is 6.24. The molecule has 13 heavy (non-hydrogen) atoms. The highest BCUT2D eigenvalue weighted by Crippen LogP contribution is 2.19. The molecule has 0 saturated carbocycles. The third kappa shape index (κ3) is 1.23. The van der Waals surface area contributed by atoms with Crippen LogP contribution >= 0.6 is 0 Å². The Morgan fingerprint density at radius 1 is 1.62 bits per heavy atom. The van der Waals surface area contributed by atoms with Crippen molar-refractivity contribution < 1.29 is 5.11 Å². The normalized spacial score (nSPS) is 29.6. The van der Waals surface area contributed by atoms with E-state index in [1.807, 2.05) is 0 Å². The molecule has 2 aliphatic heterocycles. The standard InChI is InChI=1S/C8H8N4O/c1-2-3-6-11-7-8(13,12-6)4-9-5-10-7/h2,4-5,13H,1,3H2. The lowest BCUT2D eigenvalue weighted by Gasteiger charge is -2.14. The Kier molecular flexibility index (Phi) is 1.66. The summed E-state index contributed by atoms with van der Waals surface area (Å²) in [6, 6.07) is 0. The van der Waals surface area contributed by atoms with E-state index in [1.54, 1.807) is 6.08 Å². The molecule has 0 radical (unpaired) electrons. The molecule has 0 aromatic rings. The fourth-order valence-corrected chi connectivity index (χ4v) is 1.13. The Bertz CT molecular complexity index is 366. The van der Waals surface area contributed by atoms with Crippen molar-refractivity contribution in [2.75, 3.05) is 0 Å². The minimum absolute atomic E-state index is 0.277. The molecule has 0 aromatic heterocycles. The van der Waals surface area contributed by atoms with E-state index in [9.17, 15) is 5.11 Å². The monoisotopic (exact) mass is 176 g/mol. The summed E-state index contributed by atoms with van der Waals surface area (Å²) < 4.78 is 0. The topological polar surface area (TPSA) is 69.7 Å². The molecule has 0 spiro atoms. The molecular formula is C8H8N4O. The molecule has 5 nitrogen and oxygen atoms in total. The molecule has 1 N–H and O–H groups in total. The molecule has 1 atom stereocenters. The number of aliphatic imine (C=N–C) groups is 4. The second-order valence-electron chi connectivity index (χ2n) is 2.71. The van der Waals surface area contributed by atoms with Crippen molar-refractivity contribution >= 4 is 24.2 Å². The van der Waals surface area contributed by atoms with Gasteiger partial charge in [-0.2, -0.15) is 0 Å². The summed E-state index contributed by atoms with van der Waals surface area (Å²) in [5, 5.41) is 9.79. The van der Waals surface area contributed by atoms with E-state index >= 15 is 0 Å². The van der Waals surface area contributed by atoms with Crippen LogP contribution in [0.25, 0.3) is 0 Å². The van der Waals surface area contributed by atoms with Gasteiger partial charge in [0.15, 0.2) is 5.84 Å². The molecule has 2 rings (SSSR count). The van der Waals surface area contributed by atoms with Gasteiger partial charge in [-0.3, -0.25) is 0 Å². The van der Waals surface area contributed by atoms with Gasteiger partial charge in [0.25, 0.3) is 5.72 Å². The Balaban J connectivity index is 2.35. The van der Waals surface area contributed by atoms with Gasteiger partial charge < -0.3 is 5.11 Å². The molecule has 0 aromatic carbocycles. The molecule has 0 aliphatic carbocycles. The highest BCUT2D eigenvalue weighted by atomic mass is 16.3. The van der Waals surface area contributed by atoms with E-state index in [0.717, 1.165) is 0 Å². The van der Waals surface area contributed by atoms with Crippen LogP contribution < -0.4 is 0 Å². The van der Waals surface area contributed by atoms with Gasteiger partial charge in [0.05, 0.1) is 6.21 Å². The van der Waals surface area contributed by atoms with E-state index in [2.05, 4.69) is 26.5 Å². The van der Waals surface area contributed by atoms with Crippen LogP contribution in [-0.4, -0.2) is 35.1 Å². The number of nitrogens with zero attached hydrogens (tertiary/aromatic N) is 4. The molecule has 2 heterocycles. The Morgan fingerprint density at radius 3 is 3.15 bits per heavy atom. The summed E-state index contributed by atoms with van der Waals surface area (Å²) in [5.41, 5.74) is -1.44. The van der Waals surface area contributed by atoms with Crippen molar-refractivity contribution in [2.45, 2.75) is 12.1 Å². The molecular weight excluding hydrogens is 168 g/mol. The van der Waals surface area contributed by atoms with Crippen LogP contribution in [0.4, 0.5) is 0 Å². The van der Waals surface area contributed by atoms with Crippen molar-refractivity contribution in [3.63, 3.8) is 0 Å². The second-order valence-corrected chi connectivity index (χ2v) is 2.71. The molecule has 0 bridgehead atoms. The summed E-state index contributed by atoms with van der Waals surface area (Å²) in [6.45, 7) is 3.56. The van der Waals surface area contributed by atoms with Gasteiger partial charge in [0.2, 0.25) is 0 Å². The summed E-state index contributed by atoms with van der Waals surface area (Å²) in [4.78, 5) is 15.5. The Morgan fingerprint density at radius 2 is 2.46 bits per heavy atom. The fraction of sp³-hybridized carbons (Fsp3) is 0.250. The van der Waals surface area contributed by atoms with Crippen LogP contribution in [0, 0.1) is 0 Å². The summed E-state index contributed by atoms with van der Waals surface area (Å²) in [5.74, 6) is 0.803. The van der Waals surface area contributed by atoms with Crippen LogP contribution in [0.5, 0.6) is 0 Å². The number of fused-ring (bicyclic) bond motifs is 1. The van der Waals surface area contributed by atoms with Gasteiger partial charge >= 0.3 is 0 Å². The second kappa shape index (κ2) is 2.70. The van der Waals surface area contributed by atoms with E-state index in [1.165, 1.54) is 12.6 Å². The zero-order valence-corrected chi connectivity index (χ0v) is 6.88. The van der Waals surface area contributed by atoms with Gasteiger partial charge in [-0.05, 0) is 0 Å². The molecule has 0 amide bonds. The number of aliphatic hydroxyl groups is 1. The largest absolute Gasteiger partial charge is 0.359 e. The van der Waals surface area contributed by atoms with Gasteiger partial charge in [0, 0.05) is 6.42 Å². The van der Waals surface area contributed by atoms with E-state index in [0.29, 0.717) is 12.3 Å². The van der Waals surface area contributed by atoms with Gasteiger partial charge in [-0.25, -0.2) is 20.0 Å². The maximum atomic E-state index is 9.79. The van der Waals surface area contributed by atoms with E-state index < -0.39 is 5.72 Å². The maximum Gasteiger partial charge on any atom is 0.256 e. The number of hydrogen-bond donors (Lipinski definition) is 1. The van der Waals surface area contributed by atoms with E-state index in [-0.39, 0.29) is 5.84 Å². The van der Waals surface area contributed by atoms with Gasteiger partial charge in [-0.1, -0.05) is 6.08 Å². The lowest BCUT2D eigenvalue weighted by atomic mass is 10.2. The van der Waals surface area contributed by atoms with Crippen LogP contribution in [0.1, 0.15) is 6.42 Å². The summed E-state index contributed by atoms with van der Waals surface area (Å²) >= 11 is 0. The molecule has 0 fully saturated rings. The minimum atomic E-state index is -1.44. The fourth-order valence-electron chi connectivity index (χ4n) is 1.13. The molecule has 5 heteroatoms. The van der Waals surface area contributed by atoms with Crippen molar-refractivity contribution in [3.8, 4) is 0 Å². The Hall–Kier alpha value is -1.62. The number of amidine groups is 2. The predicted molar refractivity (Wildman–Crippen MR) is 51.6 cm³/mol. The van der Waals surface area contributed by atoms with Crippen molar-refractivity contribution in [3.05, 3.63) is 12.7 Å². The lowest BCUT2D eigenvalue weighted by Crippen LogP contribution is -2.36. The third-order valence-electron chi connectivity index (χ3n) is 1.69. The first kappa shape index (κ1) is 8.00. The predicted octanol–water partition coefficient (Wildman–Crippen LogP) is 0.174. The van der Waals surface area contributed by atoms with Crippen LogP contribution in [0.3, 0.4) is 0 Å². The third-order valence-corrected chi connectivity index (χ3v) is 1.69. The van der Waals surface area contributed by atoms with E-state index in [4.69, 9.17) is 0 Å². The first-order valence-corrected chi connectivity index (χ1v) is 3.82. The average molecular weight is 176 g/mol. The smallest absolute Gasteiger partial charge is 0.256 e. The minimum Gasteiger partial charge on any atom is -0.359 e. The van der Waals surface area contributed by atoms with Crippen LogP contribution in [0.2, 0.25) is 0 Å². The van der Waals surface area contributed by atoms with Crippen LogP contribution in [0.15, 0.2) is 32.6 Å². The molecule has 1 unspecified atom stereocenters. The zero-order chi connectivity index (χ0) is 9.31. The quantitative estimate of drug-likeness (QED) is 0.599. The Labute approximate surface area is 75.0 Å². The van der Waals surface area contributed by atoms with Crippen molar-refractivity contribution in [2.24, 2.45) is 20.0 Å². The highest BCUT2D eigenvalue weighted by molar-refractivity contribution is 6.19. The number of rotatable bonds is 2. The van der Waals surface area contributed by atoms with Gasteiger partial charge in [-0.15, -0.1) is 6.58 Å². The maximum absolute atomic E-state index is 9.79. The van der Waals surface area contributed by atoms with Gasteiger partial charge in [0.1, 0.15) is 12.2 Å². The molecule has 2 aliphatic rings. The van der Waals surface area contributed by atoms with Crippen molar-refractivity contribution in [1.29, 1.82) is 0 Å². The highest BCUT2D eigenvalue weighted by Gasteiger charge is 2.37. The summed E-state index contributed by atoms with van der Waals surface area (Å²) in [7, 11) is 0. The molecule has 66 valence electrons. The average Bonchev–Trinajstić information content (AvgIpc) is 2.41. The first-order valence-electron chi connectivity index (χ1n) is 3.82.